The first-order valence-electron chi connectivity index (χ1n) is 6.67. The van der Waals surface area contributed by atoms with E-state index in [-0.39, 0.29) is 0 Å². The van der Waals surface area contributed by atoms with Crippen LogP contribution in [-0.4, -0.2) is 16.6 Å². The normalized spacial score (nSPS) is 11.0. The summed E-state index contributed by atoms with van der Waals surface area (Å²) < 4.78 is 5.44. The van der Waals surface area contributed by atoms with Crippen molar-refractivity contribution >= 4 is 34.2 Å². The van der Waals surface area contributed by atoms with E-state index in [0.717, 1.165) is 22.4 Å². The zero-order valence-corrected chi connectivity index (χ0v) is 13.2. The maximum Gasteiger partial charge on any atom is 0.156 e. The van der Waals surface area contributed by atoms with Crippen LogP contribution >= 0.6 is 23.2 Å². The highest BCUT2D eigenvalue weighted by molar-refractivity contribution is 6.37. The minimum Gasteiger partial charge on any atom is -0.491 e. The third kappa shape index (κ3) is 2.71. The first-order chi connectivity index (χ1) is 10.1. The third-order valence-electron chi connectivity index (χ3n) is 3.20. The minimum atomic E-state index is 0.482. The van der Waals surface area contributed by atoms with Crippen molar-refractivity contribution in [2.75, 3.05) is 6.61 Å². The second kappa shape index (κ2) is 5.58. The molecule has 3 rings (SSSR count). The lowest BCUT2D eigenvalue weighted by molar-refractivity contribution is 0.340. The molecule has 108 valence electrons. The first kappa shape index (κ1) is 14.2. The van der Waals surface area contributed by atoms with Gasteiger partial charge in [0.05, 0.1) is 27.7 Å². The zero-order chi connectivity index (χ0) is 15.0. The van der Waals surface area contributed by atoms with E-state index in [0.29, 0.717) is 22.4 Å². The van der Waals surface area contributed by atoms with Crippen LogP contribution in [0.4, 0.5) is 0 Å². The van der Waals surface area contributed by atoms with Crippen molar-refractivity contribution in [3.8, 4) is 17.1 Å². The zero-order valence-electron chi connectivity index (χ0n) is 11.7. The summed E-state index contributed by atoms with van der Waals surface area (Å²) in [6.45, 7) is 4.45. The molecule has 2 aromatic carbocycles. The molecule has 0 radical (unpaired) electrons. The fraction of sp³-hybridized carbons (Fsp3) is 0.188. The molecule has 21 heavy (non-hydrogen) atoms. The number of rotatable bonds is 3. The number of hydrogen-bond acceptors (Lipinski definition) is 2. The Morgan fingerprint density at radius 1 is 1.14 bits per heavy atom. The molecule has 5 heteroatoms. The maximum atomic E-state index is 6.24. The van der Waals surface area contributed by atoms with Gasteiger partial charge in [-0.3, -0.25) is 0 Å². The van der Waals surface area contributed by atoms with Gasteiger partial charge in [-0.05, 0) is 43.7 Å². The van der Waals surface area contributed by atoms with E-state index in [1.165, 1.54) is 5.56 Å². The summed E-state index contributed by atoms with van der Waals surface area (Å²) >= 11 is 12.5. The molecular weight excluding hydrogens is 307 g/mol. The van der Waals surface area contributed by atoms with Crippen molar-refractivity contribution in [1.82, 2.24) is 9.97 Å². The number of halogens is 2. The monoisotopic (exact) mass is 320 g/mol. The first-order valence-corrected chi connectivity index (χ1v) is 7.42. The van der Waals surface area contributed by atoms with Crippen LogP contribution in [0.3, 0.4) is 0 Å². The van der Waals surface area contributed by atoms with E-state index in [9.17, 15) is 0 Å². The van der Waals surface area contributed by atoms with E-state index >= 15 is 0 Å². The average Bonchev–Trinajstić information content (AvgIpc) is 2.85. The molecule has 0 saturated carbocycles. The van der Waals surface area contributed by atoms with E-state index in [1.54, 1.807) is 0 Å². The molecule has 1 aromatic heterocycles. The van der Waals surface area contributed by atoms with Gasteiger partial charge in [-0.15, -0.1) is 0 Å². The number of aromatic amines is 1. The molecule has 0 unspecified atom stereocenters. The van der Waals surface area contributed by atoms with Crippen LogP contribution in [0.25, 0.3) is 22.4 Å². The van der Waals surface area contributed by atoms with Crippen molar-refractivity contribution in [1.29, 1.82) is 0 Å². The fourth-order valence-corrected chi connectivity index (χ4v) is 2.84. The minimum absolute atomic E-state index is 0.482. The van der Waals surface area contributed by atoms with Gasteiger partial charge in [0.25, 0.3) is 0 Å². The number of aromatic nitrogens is 2. The molecule has 0 aliphatic heterocycles. The molecule has 1 N–H and O–H groups in total. The lowest BCUT2D eigenvalue weighted by Crippen LogP contribution is -1.94. The number of fused-ring (bicyclic) bond motifs is 1. The molecule has 0 fully saturated rings. The topological polar surface area (TPSA) is 37.9 Å². The van der Waals surface area contributed by atoms with Crippen LogP contribution < -0.4 is 4.74 Å². The van der Waals surface area contributed by atoms with Gasteiger partial charge < -0.3 is 9.72 Å². The molecule has 0 aliphatic carbocycles. The summed E-state index contributed by atoms with van der Waals surface area (Å²) in [6, 6.07) is 9.70. The van der Waals surface area contributed by atoms with Gasteiger partial charge in [0.2, 0.25) is 0 Å². The van der Waals surface area contributed by atoms with E-state index in [4.69, 9.17) is 27.9 Å². The van der Waals surface area contributed by atoms with Gasteiger partial charge in [-0.25, -0.2) is 4.98 Å². The quantitative estimate of drug-likeness (QED) is 0.716. The molecule has 0 atom stereocenters. The molecular formula is C16H14Cl2N2O. The molecule has 0 bridgehead atoms. The predicted octanol–water partition coefficient (Wildman–Crippen LogP) is 5.24. The second-order valence-electron chi connectivity index (χ2n) is 4.81. The second-order valence-corrected chi connectivity index (χ2v) is 5.62. The number of hydrogen-bond donors (Lipinski definition) is 1. The lowest BCUT2D eigenvalue weighted by atomic mass is 10.2. The van der Waals surface area contributed by atoms with Gasteiger partial charge >= 0.3 is 0 Å². The van der Waals surface area contributed by atoms with Crippen molar-refractivity contribution in [2.24, 2.45) is 0 Å². The Balaban J connectivity index is 2.10. The Kier molecular flexibility index (Phi) is 3.79. The number of benzene rings is 2. The Labute approximate surface area is 132 Å². The molecule has 3 nitrogen and oxygen atoms in total. The number of aryl methyl sites for hydroxylation is 1. The van der Waals surface area contributed by atoms with Crippen LogP contribution in [-0.2, 0) is 0 Å². The van der Waals surface area contributed by atoms with Gasteiger partial charge in [-0.1, -0.05) is 29.3 Å². The Morgan fingerprint density at radius 3 is 2.52 bits per heavy atom. The number of ether oxygens (including phenoxy) is 1. The summed E-state index contributed by atoms with van der Waals surface area (Å²) in [7, 11) is 0. The highest BCUT2D eigenvalue weighted by atomic mass is 35.5. The number of nitrogens with zero attached hydrogens (tertiary/aromatic N) is 1. The largest absolute Gasteiger partial charge is 0.491 e. The Morgan fingerprint density at radius 2 is 1.86 bits per heavy atom. The van der Waals surface area contributed by atoms with Crippen molar-refractivity contribution < 1.29 is 4.74 Å². The smallest absolute Gasteiger partial charge is 0.156 e. The molecule has 1 heterocycles. The highest BCUT2D eigenvalue weighted by Gasteiger charge is 2.13. The van der Waals surface area contributed by atoms with E-state index < -0.39 is 0 Å². The molecule has 3 aromatic rings. The molecule has 0 amide bonds. The highest BCUT2D eigenvalue weighted by Crippen LogP contribution is 2.37. The number of H-pyrrole nitrogens is 1. The average molecular weight is 321 g/mol. The predicted molar refractivity (Wildman–Crippen MR) is 87.5 cm³/mol. The molecule has 0 spiro atoms. The SMILES string of the molecule is CCOc1c(Cl)cc(-c2nc3ccc(C)cc3[nH]2)cc1Cl. The van der Waals surface area contributed by atoms with Crippen LogP contribution in [0.1, 0.15) is 12.5 Å². The Bertz CT molecular complexity index is 788. The number of imidazole rings is 1. The van der Waals surface area contributed by atoms with Crippen LogP contribution in [0.5, 0.6) is 5.75 Å². The summed E-state index contributed by atoms with van der Waals surface area (Å²) in [4.78, 5) is 7.86. The lowest BCUT2D eigenvalue weighted by Gasteiger charge is -2.09. The fourth-order valence-electron chi connectivity index (χ4n) is 2.24. The standard InChI is InChI=1S/C16H14Cl2N2O/c1-3-21-15-11(17)7-10(8-12(15)18)16-19-13-5-4-9(2)6-14(13)20-16/h4-8H,3H2,1-2H3,(H,19,20). The van der Waals surface area contributed by atoms with Crippen molar-refractivity contribution in [3.05, 3.63) is 45.9 Å². The van der Waals surface area contributed by atoms with Gasteiger partial charge in [-0.2, -0.15) is 0 Å². The maximum absolute atomic E-state index is 6.24. The van der Waals surface area contributed by atoms with E-state index in [2.05, 4.69) is 16.0 Å². The summed E-state index contributed by atoms with van der Waals surface area (Å²) in [5.74, 6) is 1.25. The summed E-state index contributed by atoms with van der Waals surface area (Å²) in [5.41, 5.74) is 3.92. The summed E-state index contributed by atoms with van der Waals surface area (Å²) in [6.07, 6.45) is 0. The van der Waals surface area contributed by atoms with Gasteiger partial charge in [0.15, 0.2) is 5.75 Å². The number of nitrogens with one attached hydrogen (secondary N) is 1. The van der Waals surface area contributed by atoms with Crippen LogP contribution in [0, 0.1) is 6.92 Å². The van der Waals surface area contributed by atoms with Crippen molar-refractivity contribution in [3.63, 3.8) is 0 Å². The van der Waals surface area contributed by atoms with E-state index in [1.807, 2.05) is 38.1 Å². The Hall–Kier alpha value is -1.71. The van der Waals surface area contributed by atoms with Crippen LogP contribution in [0.15, 0.2) is 30.3 Å². The van der Waals surface area contributed by atoms with Gasteiger partial charge in [0, 0.05) is 5.56 Å². The third-order valence-corrected chi connectivity index (χ3v) is 3.76. The van der Waals surface area contributed by atoms with Crippen LogP contribution in [0.2, 0.25) is 10.0 Å². The molecule has 0 saturated heterocycles. The summed E-state index contributed by atoms with van der Waals surface area (Å²) in [5, 5.41) is 0.965. The molecule has 0 aliphatic rings. The van der Waals surface area contributed by atoms with Crippen molar-refractivity contribution in [2.45, 2.75) is 13.8 Å². The van der Waals surface area contributed by atoms with Gasteiger partial charge in [0.1, 0.15) is 5.82 Å².